The second kappa shape index (κ2) is 15.3. The minimum atomic E-state index is -1.08. The maximum atomic E-state index is 11.5. The predicted molar refractivity (Wildman–Crippen MR) is 128 cm³/mol. The van der Waals surface area contributed by atoms with Crippen molar-refractivity contribution in [2.75, 3.05) is 40.4 Å². The van der Waals surface area contributed by atoms with E-state index in [4.69, 9.17) is 24.4 Å². The number of ether oxygens (including phenoxy) is 3. The molecule has 10 heteroatoms. The number of carbonyl (C=O) groups is 3. The van der Waals surface area contributed by atoms with Gasteiger partial charge in [-0.15, -0.1) is 13.2 Å². The highest BCUT2D eigenvalue weighted by molar-refractivity contribution is 5.77. The quantitative estimate of drug-likeness (QED) is 0.433. The van der Waals surface area contributed by atoms with E-state index in [1.165, 1.54) is 6.08 Å². The lowest BCUT2D eigenvalue weighted by Crippen LogP contribution is -2.39. The summed E-state index contributed by atoms with van der Waals surface area (Å²) < 4.78 is 15.4. The molecular formula is C24H36N2O8. The first-order chi connectivity index (χ1) is 15.9. The molecule has 0 spiro atoms. The third kappa shape index (κ3) is 13.1. The largest absolute Gasteiger partial charge is 0.497 e. The summed E-state index contributed by atoms with van der Waals surface area (Å²) in [5.41, 5.74) is 0.279. The normalized spacial score (nSPS) is 10.4. The molecule has 0 aromatic heterocycles. The molecule has 10 nitrogen and oxygen atoms in total. The number of hydrogen-bond acceptors (Lipinski definition) is 7. The fourth-order valence-corrected chi connectivity index (χ4v) is 2.63. The highest BCUT2D eigenvalue weighted by Gasteiger charge is 2.22. The highest BCUT2D eigenvalue weighted by Crippen LogP contribution is 2.25. The molecule has 0 saturated heterocycles. The lowest BCUT2D eigenvalue weighted by atomic mass is 10.1. The Balaban J connectivity index is 0.000000661. The van der Waals surface area contributed by atoms with Gasteiger partial charge in [0.15, 0.2) is 0 Å². The lowest BCUT2D eigenvalue weighted by Gasteiger charge is -2.25. The summed E-state index contributed by atoms with van der Waals surface area (Å²) in [5.74, 6) is -0.565. The predicted octanol–water partition coefficient (Wildman–Crippen LogP) is 3.27. The Morgan fingerprint density at radius 1 is 0.971 bits per heavy atom. The summed E-state index contributed by atoms with van der Waals surface area (Å²) in [7, 11) is 3.16. The van der Waals surface area contributed by atoms with E-state index in [2.05, 4.69) is 13.2 Å². The van der Waals surface area contributed by atoms with E-state index < -0.39 is 23.6 Å². The number of carbonyl (C=O) groups excluding carboxylic acids is 1. The molecule has 0 atom stereocenters. The van der Waals surface area contributed by atoms with Crippen LogP contribution in [0.2, 0.25) is 0 Å². The molecule has 1 rings (SSSR count). The standard InChI is InChI=1S/C14H19NO4.C10H17NO4/c1-4-7-15(10-14(16)17)9-11-5-6-12(18-2)8-13(11)19-3;1-5-6-11(7-8(12)13)9(14)15-10(2,3)4/h4-6,8H,1,7,9-10H2,2-3H3,(H,16,17);5H,1,6-7H2,2-4H3,(H,12,13). The molecule has 190 valence electrons. The maximum absolute atomic E-state index is 11.5. The Hall–Kier alpha value is -3.53. The van der Waals surface area contributed by atoms with Crippen LogP contribution in [0, 0.1) is 0 Å². The number of aliphatic carboxylic acids is 2. The molecule has 0 unspecified atom stereocenters. The first kappa shape index (κ1) is 30.5. The average molecular weight is 481 g/mol. The van der Waals surface area contributed by atoms with Gasteiger partial charge in [0, 0.05) is 31.3 Å². The van der Waals surface area contributed by atoms with Crippen molar-refractivity contribution >= 4 is 18.0 Å². The summed E-state index contributed by atoms with van der Waals surface area (Å²) in [6, 6.07) is 5.47. The molecule has 0 aliphatic heterocycles. The van der Waals surface area contributed by atoms with Gasteiger partial charge in [0.25, 0.3) is 0 Å². The van der Waals surface area contributed by atoms with Gasteiger partial charge in [-0.2, -0.15) is 0 Å². The van der Waals surface area contributed by atoms with Crippen molar-refractivity contribution in [1.29, 1.82) is 0 Å². The van der Waals surface area contributed by atoms with Crippen molar-refractivity contribution < 1.29 is 38.8 Å². The van der Waals surface area contributed by atoms with Crippen LogP contribution in [-0.2, 0) is 20.9 Å². The molecule has 34 heavy (non-hydrogen) atoms. The summed E-state index contributed by atoms with van der Waals surface area (Å²) in [5, 5.41) is 17.4. The SMILES string of the molecule is C=CCN(CC(=O)O)C(=O)OC(C)(C)C.C=CCN(CC(=O)O)Cc1ccc(OC)cc1OC. The van der Waals surface area contributed by atoms with Gasteiger partial charge < -0.3 is 24.4 Å². The van der Waals surface area contributed by atoms with Crippen LogP contribution in [-0.4, -0.2) is 84.0 Å². The topological polar surface area (TPSA) is 126 Å². The van der Waals surface area contributed by atoms with Crippen LogP contribution in [0.1, 0.15) is 26.3 Å². The first-order valence-electron chi connectivity index (χ1n) is 10.4. The van der Waals surface area contributed by atoms with Gasteiger partial charge >= 0.3 is 18.0 Å². The van der Waals surface area contributed by atoms with Crippen molar-refractivity contribution in [3.8, 4) is 11.5 Å². The number of benzene rings is 1. The molecule has 0 radical (unpaired) electrons. The van der Waals surface area contributed by atoms with E-state index in [1.807, 2.05) is 12.1 Å². The lowest BCUT2D eigenvalue weighted by molar-refractivity contribution is -0.139. The fraction of sp³-hybridized carbons (Fsp3) is 0.458. The van der Waals surface area contributed by atoms with Crippen LogP contribution in [0.15, 0.2) is 43.5 Å². The molecule has 0 bridgehead atoms. The zero-order valence-corrected chi connectivity index (χ0v) is 20.6. The van der Waals surface area contributed by atoms with E-state index in [0.717, 1.165) is 10.5 Å². The molecule has 0 heterocycles. The summed E-state index contributed by atoms with van der Waals surface area (Å²) in [6.45, 7) is 12.9. The van der Waals surface area contributed by atoms with E-state index in [9.17, 15) is 14.4 Å². The number of amides is 1. The molecule has 0 saturated carbocycles. The Morgan fingerprint density at radius 2 is 1.56 bits per heavy atom. The average Bonchev–Trinajstić information content (AvgIpc) is 2.72. The Kier molecular flexibility index (Phi) is 13.7. The first-order valence-corrected chi connectivity index (χ1v) is 10.4. The van der Waals surface area contributed by atoms with Crippen molar-refractivity contribution in [2.24, 2.45) is 0 Å². The highest BCUT2D eigenvalue weighted by atomic mass is 16.6. The zero-order valence-electron chi connectivity index (χ0n) is 20.6. The summed E-state index contributed by atoms with van der Waals surface area (Å²) >= 11 is 0. The zero-order chi connectivity index (χ0) is 26.3. The van der Waals surface area contributed by atoms with Crippen LogP contribution in [0.4, 0.5) is 4.79 Å². The van der Waals surface area contributed by atoms with Gasteiger partial charge in [-0.1, -0.05) is 18.2 Å². The fourth-order valence-electron chi connectivity index (χ4n) is 2.63. The van der Waals surface area contributed by atoms with Gasteiger partial charge in [0.1, 0.15) is 23.6 Å². The summed E-state index contributed by atoms with van der Waals surface area (Å²) in [4.78, 5) is 35.6. The van der Waals surface area contributed by atoms with Crippen LogP contribution in [0.25, 0.3) is 0 Å². The van der Waals surface area contributed by atoms with Gasteiger partial charge in [0.2, 0.25) is 0 Å². The van der Waals surface area contributed by atoms with E-state index in [0.29, 0.717) is 24.6 Å². The number of nitrogens with zero attached hydrogens (tertiary/aromatic N) is 2. The summed E-state index contributed by atoms with van der Waals surface area (Å²) in [6.07, 6.45) is 2.48. The minimum Gasteiger partial charge on any atom is -0.497 e. The third-order valence-corrected chi connectivity index (χ3v) is 3.96. The van der Waals surface area contributed by atoms with Crippen molar-refractivity contribution in [2.45, 2.75) is 32.9 Å². The van der Waals surface area contributed by atoms with E-state index >= 15 is 0 Å². The molecular weight excluding hydrogens is 444 g/mol. The number of methoxy groups -OCH3 is 2. The van der Waals surface area contributed by atoms with Crippen LogP contribution in [0.5, 0.6) is 11.5 Å². The third-order valence-electron chi connectivity index (χ3n) is 3.96. The Labute approximate surface area is 201 Å². The van der Waals surface area contributed by atoms with Gasteiger partial charge in [-0.3, -0.25) is 19.4 Å². The molecule has 0 aliphatic carbocycles. The molecule has 1 aromatic rings. The monoisotopic (exact) mass is 480 g/mol. The van der Waals surface area contributed by atoms with Crippen molar-refractivity contribution in [3.63, 3.8) is 0 Å². The van der Waals surface area contributed by atoms with Crippen LogP contribution in [0.3, 0.4) is 0 Å². The second-order valence-electron chi connectivity index (χ2n) is 8.07. The van der Waals surface area contributed by atoms with Gasteiger partial charge in [-0.25, -0.2) is 4.79 Å². The van der Waals surface area contributed by atoms with Gasteiger partial charge in [-0.05, 0) is 26.8 Å². The van der Waals surface area contributed by atoms with Crippen molar-refractivity contribution in [1.82, 2.24) is 9.80 Å². The van der Waals surface area contributed by atoms with Crippen LogP contribution >= 0.6 is 0 Å². The minimum absolute atomic E-state index is 0.0405. The van der Waals surface area contributed by atoms with E-state index in [1.54, 1.807) is 52.0 Å². The molecule has 0 fully saturated rings. The van der Waals surface area contributed by atoms with Gasteiger partial charge in [0.05, 0.1) is 20.8 Å². The Bertz CT molecular complexity index is 833. The smallest absolute Gasteiger partial charge is 0.411 e. The van der Waals surface area contributed by atoms with Crippen LogP contribution < -0.4 is 9.47 Å². The number of carboxylic acids is 2. The van der Waals surface area contributed by atoms with E-state index in [-0.39, 0.29) is 19.6 Å². The second-order valence-corrected chi connectivity index (χ2v) is 8.07. The number of hydrogen-bond donors (Lipinski definition) is 2. The van der Waals surface area contributed by atoms with Crippen molar-refractivity contribution in [3.05, 3.63) is 49.1 Å². The molecule has 0 aliphatic rings. The Morgan fingerprint density at radius 3 is 2.00 bits per heavy atom. The maximum Gasteiger partial charge on any atom is 0.411 e. The molecule has 1 amide bonds. The molecule has 1 aromatic carbocycles. The number of rotatable bonds is 12. The molecule has 2 N–H and O–H groups in total. The number of carboxylic acid groups (broad SMARTS) is 2.